The third-order valence-electron chi connectivity index (χ3n) is 4.55. The van der Waals surface area contributed by atoms with Gasteiger partial charge in [0.2, 0.25) is 5.95 Å². The van der Waals surface area contributed by atoms with Crippen LogP contribution in [0.2, 0.25) is 0 Å². The van der Waals surface area contributed by atoms with E-state index >= 15 is 0 Å². The van der Waals surface area contributed by atoms with E-state index in [4.69, 9.17) is 5.73 Å². The molecule has 5 nitrogen and oxygen atoms in total. The molecule has 19 heavy (non-hydrogen) atoms. The van der Waals surface area contributed by atoms with Gasteiger partial charge in [0.15, 0.2) is 0 Å². The second-order valence-corrected chi connectivity index (χ2v) is 5.85. The van der Waals surface area contributed by atoms with Crippen molar-refractivity contribution in [2.24, 2.45) is 5.73 Å². The van der Waals surface area contributed by atoms with Crippen LogP contribution in [0.1, 0.15) is 31.9 Å². The third kappa shape index (κ3) is 2.77. The number of H-pyrrole nitrogens is 1. The van der Waals surface area contributed by atoms with Crippen LogP contribution in [0.3, 0.4) is 0 Å². The van der Waals surface area contributed by atoms with Crippen LogP contribution < -0.4 is 10.6 Å². The quantitative estimate of drug-likeness (QED) is 0.853. The summed E-state index contributed by atoms with van der Waals surface area (Å²) in [5.74, 6) is 1.05. The third-order valence-corrected chi connectivity index (χ3v) is 4.55. The molecule has 2 saturated heterocycles. The lowest BCUT2D eigenvalue weighted by atomic mass is 10.0. The number of anilines is 1. The van der Waals surface area contributed by atoms with E-state index in [1.54, 1.807) is 0 Å². The summed E-state index contributed by atoms with van der Waals surface area (Å²) in [6, 6.07) is 1.11. The number of hydrogen-bond donors (Lipinski definition) is 2. The SMILES string of the molecule is CCc1cnc(N2CCC(N3CCC(N)CC3)C2)[nH]1. The van der Waals surface area contributed by atoms with Crippen LogP contribution >= 0.6 is 0 Å². The van der Waals surface area contributed by atoms with E-state index in [1.807, 2.05) is 6.20 Å². The number of aryl methyl sites for hydroxylation is 1. The predicted octanol–water partition coefficient (Wildman–Crippen LogP) is 0.974. The molecule has 0 saturated carbocycles. The van der Waals surface area contributed by atoms with Crippen LogP contribution in [0.25, 0.3) is 0 Å². The zero-order chi connectivity index (χ0) is 13.2. The van der Waals surface area contributed by atoms with E-state index in [9.17, 15) is 0 Å². The van der Waals surface area contributed by atoms with Crippen molar-refractivity contribution in [2.45, 2.75) is 44.7 Å². The monoisotopic (exact) mass is 263 g/mol. The number of nitrogens with one attached hydrogen (secondary N) is 1. The molecule has 3 N–H and O–H groups in total. The van der Waals surface area contributed by atoms with Crippen LogP contribution in [0.15, 0.2) is 6.20 Å². The minimum absolute atomic E-state index is 0.422. The van der Waals surface area contributed by atoms with Gasteiger partial charge >= 0.3 is 0 Å². The first-order valence-corrected chi connectivity index (χ1v) is 7.54. The lowest BCUT2D eigenvalue weighted by molar-refractivity contribution is 0.163. The maximum Gasteiger partial charge on any atom is 0.203 e. The Morgan fingerprint density at radius 1 is 1.32 bits per heavy atom. The van der Waals surface area contributed by atoms with Gasteiger partial charge in [0.05, 0.1) is 6.20 Å². The van der Waals surface area contributed by atoms with Crippen molar-refractivity contribution in [3.05, 3.63) is 11.9 Å². The maximum absolute atomic E-state index is 5.98. The lowest BCUT2D eigenvalue weighted by Gasteiger charge is -2.34. The number of imidazole rings is 1. The van der Waals surface area contributed by atoms with Gasteiger partial charge in [0, 0.05) is 30.9 Å². The molecule has 2 aliphatic heterocycles. The Balaban J connectivity index is 1.57. The van der Waals surface area contributed by atoms with Crippen molar-refractivity contribution in [1.29, 1.82) is 0 Å². The van der Waals surface area contributed by atoms with Crippen LogP contribution in [-0.2, 0) is 6.42 Å². The number of likely N-dealkylation sites (tertiary alicyclic amines) is 1. The van der Waals surface area contributed by atoms with Gasteiger partial charge in [-0.15, -0.1) is 0 Å². The molecule has 2 fully saturated rings. The Labute approximate surface area is 115 Å². The summed E-state index contributed by atoms with van der Waals surface area (Å²) < 4.78 is 0. The summed E-state index contributed by atoms with van der Waals surface area (Å²) in [6.07, 6.45) is 6.53. The van der Waals surface area contributed by atoms with Crippen molar-refractivity contribution >= 4 is 5.95 Å². The highest BCUT2D eigenvalue weighted by atomic mass is 15.3. The van der Waals surface area contributed by atoms with Crippen LogP contribution in [-0.4, -0.2) is 53.1 Å². The standard InChI is InChI=1S/C14H25N5/c1-2-12-9-16-14(17-12)19-8-5-13(10-19)18-6-3-11(15)4-7-18/h9,11,13H,2-8,10,15H2,1H3,(H,16,17). The van der Waals surface area contributed by atoms with E-state index in [2.05, 4.69) is 26.7 Å². The fraction of sp³-hybridized carbons (Fsp3) is 0.786. The number of rotatable bonds is 3. The van der Waals surface area contributed by atoms with Crippen molar-refractivity contribution in [3.63, 3.8) is 0 Å². The van der Waals surface area contributed by atoms with E-state index in [0.29, 0.717) is 12.1 Å². The Bertz CT molecular complexity index is 408. The normalized spacial score (nSPS) is 26.2. The molecule has 0 aliphatic carbocycles. The molecule has 3 rings (SSSR count). The molecule has 3 heterocycles. The van der Waals surface area contributed by atoms with Crippen LogP contribution in [0.4, 0.5) is 5.95 Å². The van der Waals surface area contributed by atoms with Crippen molar-refractivity contribution in [2.75, 3.05) is 31.1 Å². The van der Waals surface area contributed by atoms with Gasteiger partial charge in [-0.25, -0.2) is 4.98 Å². The Kier molecular flexibility index (Phi) is 3.75. The maximum atomic E-state index is 5.98. The van der Waals surface area contributed by atoms with Crippen LogP contribution in [0, 0.1) is 0 Å². The average molecular weight is 263 g/mol. The number of nitrogens with zero attached hydrogens (tertiary/aromatic N) is 3. The molecular formula is C14H25N5. The molecule has 0 spiro atoms. The molecule has 0 bridgehead atoms. The van der Waals surface area contributed by atoms with Crippen LogP contribution in [0.5, 0.6) is 0 Å². The highest BCUT2D eigenvalue weighted by molar-refractivity contribution is 5.33. The number of aromatic nitrogens is 2. The summed E-state index contributed by atoms with van der Waals surface area (Å²) in [5, 5.41) is 0. The number of aromatic amines is 1. The molecule has 0 aromatic carbocycles. The smallest absolute Gasteiger partial charge is 0.203 e. The number of hydrogen-bond acceptors (Lipinski definition) is 4. The van der Waals surface area contributed by atoms with Gasteiger partial charge < -0.3 is 15.6 Å². The summed E-state index contributed by atoms with van der Waals surface area (Å²) in [5.41, 5.74) is 7.20. The number of nitrogens with two attached hydrogens (primary N) is 1. The van der Waals surface area contributed by atoms with E-state index in [0.717, 1.165) is 51.4 Å². The Morgan fingerprint density at radius 2 is 2.11 bits per heavy atom. The lowest BCUT2D eigenvalue weighted by Crippen LogP contribution is -2.46. The first-order valence-electron chi connectivity index (χ1n) is 7.54. The van der Waals surface area contributed by atoms with Gasteiger partial charge in [-0.1, -0.05) is 6.92 Å². The average Bonchev–Trinajstić information content (AvgIpc) is 3.08. The molecule has 106 valence electrons. The number of piperidine rings is 1. The first kappa shape index (κ1) is 12.9. The summed E-state index contributed by atoms with van der Waals surface area (Å²) >= 11 is 0. The minimum Gasteiger partial charge on any atom is -0.341 e. The highest BCUT2D eigenvalue weighted by Gasteiger charge is 2.30. The van der Waals surface area contributed by atoms with E-state index in [-0.39, 0.29) is 0 Å². The largest absolute Gasteiger partial charge is 0.341 e. The molecule has 0 amide bonds. The Morgan fingerprint density at radius 3 is 2.79 bits per heavy atom. The van der Waals surface area contributed by atoms with Gasteiger partial charge in [-0.05, 0) is 38.8 Å². The molecule has 1 unspecified atom stereocenters. The molecule has 0 radical (unpaired) electrons. The van der Waals surface area contributed by atoms with E-state index < -0.39 is 0 Å². The second-order valence-electron chi connectivity index (χ2n) is 5.85. The fourth-order valence-corrected chi connectivity index (χ4v) is 3.20. The second kappa shape index (κ2) is 5.51. The molecular weight excluding hydrogens is 238 g/mol. The fourth-order valence-electron chi connectivity index (χ4n) is 3.20. The molecule has 1 aromatic rings. The molecule has 5 heteroatoms. The zero-order valence-corrected chi connectivity index (χ0v) is 11.8. The van der Waals surface area contributed by atoms with Gasteiger partial charge in [0.25, 0.3) is 0 Å². The summed E-state index contributed by atoms with van der Waals surface area (Å²) in [6.45, 7) is 6.70. The minimum atomic E-state index is 0.422. The zero-order valence-electron chi connectivity index (χ0n) is 11.8. The predicted molar refractivity (Wildman–Crippen MR) is 77.4 cm³/mol. The summed E-state index contributed by atoms with van der Waals surface area (Å²) in [7, 11) is 0. The topological polar surface area (TPSA) is 61.2 Å². The first-order chi connectivity index (χ1) is 9.26. The summed E-state index contributed by atoms with van der Waals surface area (Å²) in [4.78, 5) is 12.9. The van der Waals surface area contributed by atoms with E-state index in [1.165, 1.54) is 12.1 Å². The van der Waals surface area contributed by atoms with Crippen molar-refractivity contribution < 1.29 is 0 Å². The molecule has 2 aliphatic rings. The van der Waals surface area contributed by atoms with Crippen molar-refractivity contribution in [1.82, 2.24) is 14.9 Å². The molecule has 1 atom stereocenters. The van der Waals surface area contributed by atoms with Crippen molar-refractivity contribution in [3.8, 4) is 0 Å². The van der Waals surface area contributed by atoms with Gasteiger partial charge in [0.1, 0.15) is 0 Å². The Hall–Kier alpha value is -1.07. The van der Waals surface area contributed by atoms with Gasteiger partial charge in [-0.2, -0.15) is 0 Å². The van der Waals surface area contributed by atoms with Gasteiger partial charge in [-0.3, -0.25) is 4.90 Å². The highest BCUT2D eigenvalue weighted by Crippen LogP contribution is 2.23. The molecule has 1 aromatic heterocycles.